The highest BCUT2D eigenvalue weighted by molar-refractivity contribution is 6.31. The Morgan fingerprint density at radius 3 is 2.90 bits per heavy atom. The molecule has 2 rings (SSSR count). The summed E-state index contributed by atoms with van der Waals surface area (Å²) in [6, 6.07) is 3.29. The van der Waals surface area contributed by atoms with E-state index >= 15 is 0 Å². The average molecular weight is 296 g/mol. The van der Waals surface area contributed by atoms with Gasteiger partial charge < -0.3 is 5.11 Å². The van der Waals surface area contributed by atoms with Crippen LogP contribution in [-0.4, -0.2) is 28.9 Å². The standard InChI is InChI=1S/C16H22ClNO2/c1-3-4-12-5-6-18(9-12)10-13-7-14(17)8-15(11(2)19)16(13)20/h7-8,12,20H,3-6,9-10H2,1-2H3. The van der Waals surface area contributed by atoms with E-state index in [-0.39, 0.29) is 11.5 Å². The summed E-state index contributed by atoms with van der Waals surface area (Å²) in [6.45, 7) is 6.43. The van der Waals surface area contributed by atoms with Crippen LogP contribution in [0.3, 0.4) is 0 Å². The quantitative estimate of drug-likeness (QED) is 0.838. The minimum absolute atomic E-state index is 0.0841. The Labute approximate surface area is 125 Å². The molecule has 0 radical (unpaired) electrons. The van der Waals surface area contributed by atoms with Gasteiger partial charge in [0.2, 0.25) is 0 Å². The minimum Gasteiger partial charge on any atom is -0.507 e. The maximum absolute atomic E-state index is 11.5. The van der Waals surface area contributed by atoms with E-state index < -0.39 is 0 Å². The largest absolute Gasteiger partial charge is 0.507 e. The molecule has 1 aliphatic rings. The fraction of sp³-hybridized carbons (Fsp3) is 0.562. The second-order valence-electron chi connectivity index (χ2n) is 5.70. The Kier molecular flexibility index (Phi) is 5.06. The first-order valence-electron chi connectivity index (χ1n) is 7.26. The molecular weight excluding hydrogens is 274 g/mol. The zero-order valence-electron chi connectivity index (χ0n) is 12.2. The van der Waals surface area contributed by atoms with Crippen molar-refractivity contribution in [3.05, 3.63) is 28.3 Å². The van der Waals surface area contributed by atoms with E-state index in [0.717, 1.165) is 24.6 Å². The third-order valence-electron chi connectivity index (χ3n) is 3.99. The Hall–Kier alpha value is -1.06. The first-order valence-corrected chi connectivity index (χ1v) is 7.63. The number of Topliss-reactive ketones (excluding diaryl/α,β-unsaturated/α-hetero) is 1. The van der Waals surface area contributed by atoms with E-state index in [2.05, 4.69) is 11.8 Å². The first-order chi connectivity index (χ1) is 9.51. The highest BCUT2D eigenvalue weighted by Crippen LogP contribution is 2.30. The Morgan fingerprint density at radius 1 is 1.50 bits per heavy atom. The highest BCUT2D eigenvalue weighted by atomic mass is 35.5. The minimum atomic E-state index is -0.156. The number of likely N-dealkylation sites (tertiary alicyclic amines) is 1. The average Bonchev–Trinajstić information content (AvgIpc) is 2.81. The van der Waals surface area contributed by atoms with Gasteiger partial charge in [0, 0.05) is 23.7 Å². The fourth-order valence-corrected chi connectivity index (χ4v) is 3.23. The molecule has 0 spiro atoms. The van der Waals surface area contributed by atoms with Crippen LogP contribution in [0.15, 0.2) is 12.1 Å². The molecule has 1 aromatic carbocycles. The summed E-state index contributed by atoms with van der Waals surface area (Å²) >= 11 is 6.05. The number of aromatic hydroxyl groups is 1. The molecule has 3 nitrogen and oxygen atoms in total. The number of benzene rings is 1. The van der Waals surface area contributed by atoms with E-state index in [1.165, 1.54) is 32.3 Å². The number of carbonyl (C=O) groups excluding carboxylic acids is 1. The normalized spacial score (nSPS) is 19.4. The van der Waals surface area contributed by atoms with E-state index in [4.69, 9.17) is 11.6 Å². The van der Waals surface area contributed by atoms with Gasteiger partial charge in [0.25, 0.3) is 0 Å². The van der Waals surface area contributed by atoms with Crippen LogP contribution in [0, 0.1) is 5.92 Å². The molecule has 1 aliphatic heterocycles. The van der Waals surface area contributed by atoms with Gasteiger partial charge in [0.05, 0.1) is 5.56 Å². The third-order valence-corrected chi connectivity index (χ3v) is 4.21. The van der Waals surface area contributed by atoms with Gasteiger partial charge in [-0.25, -0.2) is 0 Å². The van der Waals surface area contributed by atoms with Crippen molar-refractivity contribution in [2.24, 2.45) is 5.92 Å². The van der Waals surface area contributed by atoms with Crippen LogP contribution in [-0.2, 0) is 6.54 Å². The molecule has 0 amide bonds. The molecule has 1 atom stereocenters. The van der Waals surface area contributed by atoms with Crippen molar-refractivity contribution in [2.45, 2.75) is 39.7 Å². The van der Waals surface area contributed by atoms with Crippen molar-refractivity contribution < 1.29 is 9.90 Å². The Balaban J connectivity index is 2.12. The van der Waals surface area contributed by atoms with Crippen LogP contribution in [0.5, 0.6) is 5.75 Å². The summed E-state index contributed by atoms with van der Waals surface area (Å²) < 4.78 is 0. The molecule has 0 saturated carbocycles. The number of ketones is 1. The fourth-order valence-electron chi connectivity index (χ4n) is 2.99. The molecule has 4 heteroatoms. The summed E-state index contributed by atoms with van der Waals surface area (Å²) in [7, 11) is 0. The van der Waals surface area contributed by atoms with E-state index in [1.54, 1.807) is 6.07 Å². The second-order valence-corrected chi connectivity index (χ2v) is 6.13. The number of phenolic OH excluding ortho intramolecular Hbond substituents is 1. The molecule has 1 saturated heterocycles. The molecule has 1 N–H and O–H groups in total. The van der Waals surface area contributed by atoms with Gasteiger partial charge in [-0.15, -0.1) is 0 Å². The SMILES string of the molecule is CCCC1CCN(Cc2cc(Cl)cc(C(C)=O)c2O)C1. The molecule has 0 bridgehead atoms. The number of nitrogens with zero attached hydrogens (tertiary/aromatic N) is 1. The smallest absolute Gasteiger partial charge is 0.163 e. The van der Waals surface area contributed by atoms with Crippen molar-refractivity contribution >= 4 is 17.4 Å². The van der Waals surface area contributed by atoms with Gasteiger partial charge in [0.15, 0.2) is 5.78 Å². The molecule has 1 fully saturated rings. The zero-order valence-corrected chi connectivity index (χ0v) is 12.9. The van der Waals surface area contributed by atoms with Gasteiger partial charge in [-0.05, 0) is 44.4 Å². The zero-order chi connectivity index (χ0) is 14.7. The molecule has 20 heavy (non-hydrogen) atoms. The van der Waals surface area contributed by atoms with Crippen LogP contribution >= 0.6 is 11.6 Å². The van der Waals surface area contributed by atoms with Gasteiger partial charge in [-0.3, -0.25) is 9.69 Å². The van der Waals surface area contributed by atoms with Gasteiger partial charge in [-0.2, -0.15) is 0 Å². The lowest BCUT2D eigenvalue weighted by atomic mass is 10.0. The summed E-state index contributed by atoms with van der Waals surface area (Å²) in [5.74, 6) is 0.686. The van der Waals surface area contributed by atoms with Gasteiger partial charge in [0.1, 0.15) is 5.75 Å². The number of hydrogen-bond donors (Lipinski definition) is 1. The van der Waals surface area contributed by atoms with E-state index in [0.29, 0.717) is 17.1 Å². The summed E-state index contributed by atoms with van der Waals surface area (Å²) in [4.78, 5) is 13.8. The lowest BCUT2D eigenvalue weighted by Crippen LogP contribution is -2.20. The molecule has 1 unspecified atom stereocenters. The number of rotatable bonds is 5. The molecule has 0 aromatic heterocycles. The van der Waals surface area contributed by atoms with Gasteiger partial charge in [-0.1, -0.05) is 24.9 Å². The van der Waals surface area contributed by atoms with Crippen LogP contribution in [0.2, 0.25) is 5.02 Å². The van der Waals surface area contributed by atoms with Gasteiger partial charge >= 0.3 is 0 Å². The lowest BCUT2D eigenvalue weighted by molar-refractivity contribution is 0.101. The highest BCUT2D eigenvalue weighted by Gasteiger charge is 2.23. The lowest BCUT2D eigenvalue weighted by Gasteiger charge is -2.18. The second kappa shape index (κ2) is 6.59. The first kappa shape index (κ1) is 15.3. The monoisotopic (exact) mass is 295 g/mol. The van der Waals surface area contributed by atoms with Crippen LogP contribution in [0.25, 0.3) is 0 Å². The summed E-state index contributed by atoms with van der Waals surface area (Å²) in [6.07, 6.45) is 3.70. The van der Waals surface area contributed by atoms with Crippen LogP contribution in [0.4, 0.5) is 0 Å². The number of phenols is 1. The van der Waals surface area contributed by atoms with E-state index in [1.807, 2.05) is 0 Å². The van der Waals surface area contributed by atoms with Crippen LogP contribution < -0.4 is 0 Å². The number of hydrogen-bond acceptors (Lipinski definition) is 3. The van der Waals surface area contributed by atoms with Crippen LogP contribution in [0.1, 0.15) is 49.0 Å². The molecule has 0 aliphatic carbocycles. The van der Waals surface area contributed by atoms with E-state index in [9.17, 15) is 9.90 Å². The van der Waals surface area contributed by atoms with Crippen molar-refractivity contribution in [1.82, 2.24) is 4.90 Å². The number of halogens is 1. The molecule has 1 heterocycles. The maximum atomic E-state index is 11.5. The Bertz CT molecular complexity index is 501. The summed E-state index contributed by atoms with van der Waals surface area (Å²) in [5, 5.41) is 10.7. The predicted molar refractivity (Wildman–Crippen MR) is 81.4 cm³/mol. The maximum Gasteiger partial charge on any atom is 0.163 e. The molecule has 110 valence electrons. The third kappa shape index (κ3) is 3.53. The molecule has 1 aromatic rings. The molecular formula is C16H22ClNO2. The Morgan fingerprint density at radius 2 is 2.25 bits per heavy atom. The number of carbonyl (C=O) groups is 1. The van der Waals surface area contributed by atoms with Crippen molar-refractivity contribution in [2.75, 3.05) is 13.1 Å². The van der Waals surface area contributed by atoms with Crippen molar-refractivity contribution in [3.63, 3.8) is 0 Å². The predicted octanol–water partition coefficient (Wildman–Crippen LogP) is 3.87. The van der Waals surface area contributed by atoms with Crippen molar-refractivity contribution in [3.8, 4) is 5.75 Å². The summed E-state index contributed by atoms with van der Waals surface area (Å²) in [5.41, 5.74) is 1.07. The topological polar surface area (TPSA) is 40.5 Å². The van der Waals surface area contributed by atoms with Crippen molar-refractivity contribution in [1.29, 1.82) is 0 Å².